The van der Waals surface area contributed by atoms with Crippen LogP contribution < -0.4 is 11.1 Å². The van der Waals surface area contributed by atoms with E-state index in [9.17, 15) is 0 Å². The van der Waals surface area contributed by atoms with Crippen LogP contribution >= 0.6 is 27.3 Å². The van der Waals surface area contributed by atoms with Crippen molar-refractivity contribution in [2.45, 2.75) is 12.6 Å². The lowest BCUT2D eigenvalue weighted by molar-refractivity contribution is 0.108. The van der Waals surface area contributed by atoms with E-state index >= 15 is 0 Å². The van der Waals surface area contributed by atoms with Gasteiger partial charge in [-0.1, -0.05) is 0 Å². The highest BCUT2D eigenvalue weighted by molar-refractivity contribution is 9.11. The molecule has 0 radical (unpaired) electrons. The molecule has 3 N–H and O–H groups in total. The van der Waals surface area contributed by atoms with Gasteiger partial charge in [-0.15, -0.1) is 11.3 Å². The maximum absolute atomic E-state index is 5.50. The number of ether oxygens (including phenoxy) is 1. The molecule has 0 aromatic carbocycles. The minimum atomic E-state index is 0.110. The standard InChI is InChI=1S/C9H15BrN2OS/c1-13-7(4-11)5-12-6-8-2-3-9(10)14-8/h2-3,7,12H,4-6,11H2,1H3. The van der Waals surface area contributed by atoms with Crippen LogP contribution in [0.5, 0.6) is 0 Å². The molecule has 80 valence electrons. The summed E-state index contributed by atoms with van der Waals surface area (Å²) in [6.07, 6.45) is 0.110. The van der Waals surface area contributed by atoms with E-state index in [2.05, 4.69) is 33.4 Å². The first-order chi connectivity index (χ1) is 6.76. The molecule has 14 heavy (non-hydrogen) atoms. The van der Waals surface area contributed by atoms with Crippen LogP contribution in [0.4, 0.5) is 0 Å². The molecule has 0 amide bonds. The predicted molar refractivity (Wildman–Crippen MR) is 63.6 cm³/mol. The summed E-state index contributed by atoms with van der Waals surface area (Å²) in [6, 6.07) is 4.16. The van der Waals surface area contributed by atoms with Gasteiger partial charge in [-0.25, -0.2) is 0 Å². The lowest BCUT2D eigenvalue weighted by atomic mass is 10.3. The van der Waals surface area contributed by atoms with Crippen molar-refractivity contribution in [2.24, 2.45) is 5.73 Å². The van der Waals surface area contributed by atoms with E-state index in [-0.39, 0.29) is 6.10 Å². The molecule has 1 unspecified atom stereocenters. The fraction of sp³-hybridized carbons (Fsp3) is 0.556. The third-order valence-electron chi connectivity index (χ3n) is 1.90. The lowest BCUT2D eigenvalue weighted by Gasteiger charge is -2.12. The molecule has 0 saturated heterocycles. The van der Waals surface area contributed by atoms with Gasteiger partial charge in [0.15, 0.2) is 0 Å². The van der Waals surface area contributed by atoms with Crippen LogP contribution in [0.25, 0.3) is 0 Å². The van der Waals surface area contributed by atoms with Gasteiger partial charge in [0.2, 0.25) is 0 Å². The monoisotopic (exact) mass is 278 g/mol. The second-order valence-electron chi connectivity index (χ2n) is 2.93. The molecule has 0 aliphatic carbocycles. The molecular weight excluding hydrogens is 264 g/mol. The zero-order valence-electron chi connectivity index (χ0n) is 8.13. The molecule has 0 spiro atoms. The average Bonchev–Trinajstić information content (AvgIpc) is 2.59. The van der Waals surface area contributed by atoms with Crippen LogP contribution in [0, 0.1) is 0 Å². The molecule has 0 bridgehead atoms. The van der Waals surface area contributed by atoms with Crippen LogP contribution in [-0.4, -0.2) is 26.3 Å². The highest BCUT2D eigenvalue weighted by Gasteiger charge is 2.03. The van der Waals surface area contributed by atoms with E-state index in [1.54, 1.807) is 18.4 Å². The van der Waals surface area contributed by atoms with E-state index in [1.807, 2.05) is 0 Å². The Morgan fingerprint density at radius 2 is 2.43 bits per heavy atom. The third-order valence-corrected chi connectivity index (χ3v) is 3.52. The third kappa shape index (κ3) is 4.06. The van der Waals surface area contributed by atoms with E-state index < -0.39 is 0 Å². The first kappa shape index (κ1) is 12.1. The van der Waals surface area contributed by atoms with Crippen molar-refractivity contribution in [1.29, 1.82) is 0 Å². The molecule has 0 aliphatic heterocycles. The van der Waals surface area contributed by atoms with Gasteiger partial charge in [-0.05, 0) is 28.1 Å². The molecule has 0 aliphatic rings. The van der Waals surface area contributed by atoms with Crippen molar-refractivity contribution in [1.82, 2.24) is 5.32 Å². The van der Waals surface area contributed by atoms with Crippen molar-refractivity contribution < 1.29 is 4.74 Å². The summed E-state index contributed by atoms with van der Waals surface area (Å²) in [5.41, 5.74) is 5.50. The molecule has 1 rings (SSSR count). The molecule has 1 heterocycles. The SMILES string of the molecule is COC(CN)CNCc1ccc(Br)s1. The number of hydrogen-bond acceptors (Lipinski definition) is 4. The Balaban J connectivity index is 2.21. The van der Waals surface area contributed by atoms with Gasteiger partial charge in [0, 0.05) is 31.6 Å². The highest BCUT2D eigenvalue weighted by Crippen LogP contribution is 2.21. The molecule has 5 heteroatoms. The van der Waals surface area contributed by atoms with Crippen molar-refractivity contribution in [3.05, 3.63) is 20.8 Å². The number of rotatable bonds is 6. The summed E-state index contributed by atoms with van der Waals surface area (Å²) < 4.78 is 6.31. The lowest BCUT2D eigenvalue weighted by Crippen LogP contribution is -2.33. The van der Waals surface area contributed by atoms with Gasteiger partial charge in [0.05, 0.1) is 9.89 Å². The first-order valence-electron chi connectivity index (χ1n) is 4.44. The summed E-state index contributed by atoms with van der Waals surface area (Å²) in [6.45, 7) is 2.22. The van der Waals surface area contributed by atoms with Gasteiger partial charge in [-0.2, -0.15) is 0 Å². The summed E-state index contributed by atoms with van der Waals surface area (Å²) in [5, 5.41) is 3.30. The Hall–Kier alpha value is 0.0600. The van der Waals surface area contributed by atoms with E-state index in [1.165, 1.54) is 4.88 Å². The number of hydrogen-bond donors (Lipinski definition) is 2. The van der Waals surface area contributed by atoms with Crippen LogP contribution in [-0.2, 0) is 11.3 Å². The summed E-state index contributed by atoms with van der Waals surface area (Å²) in [4.78, 5) is 1.31. The van der Waals surface area contributed by atoms with Crippen LogP contribution in [0.15, 0.2) is 15.9 Å². The molecule has 0 fully saturated rings. The molecular formula is C9H15BrN2OS. The molecule has 1 aromatic rings. The smallest absolute Gasteiger partial charge is 0.0817 e. The number of halogens is 1. The van der Waals surface area contributed by atoms with Gasteiger partial charge in [0.1, 0.15) is 0 Å². The van der Waals surface area contributed by atoms with Crippen LogP contribution in [0.2, 0.25) is 0 Å². The molecule has 1 aromatic heterocycles. The second-order valence-corrected chi connectivity index (χ2v) is 5.48. The van der Waals surface area contributed by atoms with E-state index in [4.69, 9.17) is 10.5 Å². The fourth-order valence-corrected chi connectivity index (χ4v) is 2.52. The molecule has 1 atom stereocenters. The zero-order chi connectivity index (χ0) is 10.4. The number of nitrogens with two attached hydrogens (primary N) is 1. The number of methoxy groups -OCH3 is 1. The quantitative estimate of drug-likeness (QED) is 0.831. The van der Waals surface area contributed by atoms with Gasteiger partial charge in [-0.3, -0.25) is 0 Å². The van der Waals surface area contributed by atoms with Crippen molar-refractivity contribution >= 4 is 27.3 Å². The largest absolute Gasteiger partial charge is 0.379 e. The fourth-order valence-electron chi connectivity index (χ4n) is 1.07. The number of thiophene rings is 1. The normalized spacial score (nSPS) is 13.1. The van der Waals surface area contributed by atoms with Gasteiger partial charge < -0.3 is 15.8 Å². The Kier molecular flexibility index (Phi) is 5.66. The van der Waals surface area contributed by atoms with Crippen molar-refractivity contribution in [3.63, 3.8) is 0 Å². The Morgan fingerprint density at radius 3 is 2.93 bits per heavy atom. The predicted octanol–water partition coefficient (Wildman–Crippen LogP) is 1.57. The Bertz CT molecular complexity index is 263. The number of nitrogens with one attached hydrogen (secondary N) is 1. The molecule has 3 nitrogen and oxygen atoms in total. The average molecular weight is 279 g/mol. The van der Waals surface area contributed by atoms with Gasteiger partial charge in [0.25, 0.3) is 0 Å². The Labute approximate surface area is 96.8 Å². The molecule has 0 saturated carbocycles. The highest BCUT2D eigenvalue weighted by atomic mass is 79.9. The topological polar surface area (TPSA) is 47.3 Å². The minimum absolute atomic E-state index is 0.110. The first-order valence-corrected chi connectivity index (χ1v) is 6.05. The van der Waals surface area contributed by atoms with Crippen LogP contribution in [0.3, 0.4) is 0 Å². The summed E-state index contributed by atoms with van der Waals surface area (Å²) >= 11 is 5.16. The van der Waals surface area contributed by atoms with E-state index in [0.717, 1.165) is 16.9 Å². The summed E-state index contributed by atoms with van der Waals surface area (Å²) in [7, 11) is 1.68. The second kappa shape index (κ2) is 6.53. The van der Waals surface area contributed by atoms with E-state index in [0.29, 0.717) is 6.54 Å². The maximum atomic E-state index is 5.50. The Morgan fingerprint density at radius 1 is 1.64 bits per heavy atom. The maximum Gasteiger partial charge on any atom is 0.0817 e. The van der Waals surface area contributed by atoms with Crippen molar-refractivity contribution in [3.8, 4) is 0 Å². The minimum Gasteiger partial charge on any atom is -0.379 e. The summed E-state index contributed by atoms with van der Waals surface area (Å²) in [5.74, 6) is 0. The van der Waals surface area contributed by atoms with Crippen molar-refractivity contribution in [2.75, 3.05) is 20.2 Å². The van der Waals surface area contributed by atoms with Gasteiger partial charge >= 0.3 is 0 Å². The zero-order valence-corrected chi connectivity index (χ0v) is 10.5. The van der Waals surface area contributed by atoms with Crippen LogP contribution in [0.1, 0.15) is 4.88 Å².